The van der Waals surface area contributed by atoms with Crippen LogP contribution in [0.15, 0.2) is 24.4 Å². The largest absolute Gasteiger partial charge is 0.393 e. The number of hydrogen-bond donors (Lipinski definition) is 3. The normalized spacial score (nSPS) is 22.5. The Kier molecular flexibility index (Phi) is 6.96. The summed E-state index contributed by atoms with van der Waals surface area (Å²) in [6.45, 7) is 2.77. The Bertz CT molecular complexity index is 1030. The number of thiazole rings is 1. The first kappa shape index (κ1) is 22.4. The second-order valence-electron chi connectivity index (χ2n) is 8.90. The molecule has 3 aromatic heterocycles. The monoisotopic (exact) mass is 469 g/mol. The molecule has 4 heterocycles. The molecule has 0 amide bonds. The Morgan fingerprint density at radius 3 is 2.70 bits per heavy atom. The maximum absolute atomic E-state index is 9.83. The number of anilines is 3. The molecule has 0 unspecified atom stereocenters. The van der Waals surface area contributed by atoms with Crippen molar-refractivity contribution in [3.05, 3.63) is 30.1 Å². The van der Waals surface area contributed by atoms with Gasteiger partial charge in [0.25, 0.3) is 0 Å². The van der Waals surface area contributed by atoms with Gasteiger partial charge in [-0.1, -0.05) is 11.3 Å². The van der Waals surface area contributed by atoms with Gasteiger partial charge in [0.1, 0.15) is 16.2 Å². The first-order valence-electron chi connectivity index (χ1n) is 11.7. The first-order valence-corrected chi connectivity index (χ1v) is 12.5. The molecule has 0 atom stereocenters. The van der Waals surface area contributed by atoms with E-state index in [0.717, 1.165) is 85.1 Å². The number of pyridine rings is 1. The lowest BCUT2D eigenvalue weighted by Crippen LogP contribution is -2.36. The average Bonchev–Trinajstić information content (AvgIpc) is 3.23. The van der Waals surface area contributed by atoms with Crippen molar-refractivity contribution >= 4 is 38.6 Å². The predicted molar refractivity (Wildman–Crippen MR) is 130 cm³/mol. The molecule has 176 valence electrons. The van der Waals surface area contributed by atoms with Crippen LogP contribution in [0.1, 0.15) is 44.2 Å². The van der Waals surface area contributed by atoms with E-state index < -0.39 is 0 Å². The minimum absolute atomic E-state index is 0.185. The third kappa shape index (κ3) is 5.75. The number of nitrogens with zero attached hydrogens (tertiary/aromatic N) is 5. The molecule has 1 aliphatic heterocycles. The Labute approximate surface area is 197 Å². The van der Waals surface area contributed by atoms with Crippen LogP contribution in [-0.4, -0.2) is 68.4 Å². The van der Waals surface area contributed by atoms with Gasteiger partial charge < -0.3 is 20.5 Å². The molecule has 3 aromatic rings. The van der Waals surface area contributed by atoms with Crippen LogP contribution in [0.3, 0.4) is 0 Å². The second kappa shape index (κ2) is 10.3. The molecule has 0 radical (unpaired) electrons. The number of aliphatic hydroxyl groups is 1. The molecule has 33 heavy (non-hydrogen) atoms. The molecule has 2 aliphatic rings. The minimum Gasteiger partial charge on any atom is -0.393 e. The third-order valence-corrected chi connectivity index (χ3v) is 7.36. The van der Waals surface area contributed by atoms with Crippen molar-refractivity contribution in [1.82, 2.24) is 24.8 Å². The van der Waals surface area contributed by atoms with Gasteiger partial charge in [0.15, 0.2) is 5.13 Å². The Hall–Kier alpha value is -2.40. The highest BCUT2D eigenvalue weighted by molar-refractivity contribution is 7.21. The number of aromatic nitrogens is 4. The van der Waals surface area contributed by atoms with Gasteiger partial charge in [-0.2, -0.15) is 4.98 Å². The molecule has 10 heteroatoms. The van der Waals surface area contributed by atoms with Crippen molar-refractivity contribution in [2.45, 2.75) is 63.3 Å². The van der Waals surface area contributed by atoms with Crippen molar-refractivity contribution in [2.75, 3.05) is 30.8 Å². The highest BCUT2D eigenvalue weighted by atomic mass is 32.1. The number of ether oxygens (including phenoxy) is 1. The fraction of sp³-hybridized carbons (Fsp3) is 0.565. The Balaban J connectivity index is 1.34. The number of methoxy groups -OCH3 is 1. The van der Waals surface area contributed by atoms with Crippen molar-refractivity contribution in [3.63, 3.8) is 0 Å². The molecular formula is C23H31N7O2S. The maximum atomic E-state index is 9.83. The van der Waals surface area contributed by atoms with E-state index in [1.807, 2.05) is 18.2 Å². The molecule has 1 saturated heterocycles. The molecule has 0 bridgehead atoms. The highest BCUT2D eigenvalue weighted by Crippen LogP contribution is 2.28. The zero-order valence-electron chi connectivity index (χ0n) is 18.9. The van der Waals surface area contributed by atoms with Crippen LogP contribution in [0.25, 0.3) is 10.3 Å². The van der Waals surface area contributed by atoms with E-state index in [2.05, 4.69) is 25.5 Å². The van der Waals surface area contributed by atoms with Crippen molar-refractivity contribution < 1.29 is 9.84 Å². The standard InChI is InChI=1S/C23H31N7O2S/c1-32-18-8-11-30(12-9-18)14-16-13-20(29-23-27-19-3-2-10-24-21(19)33-23)28-22(26-16)25-15-4-6-17(31)7-5-15/h2-3,10,13,15,17-18,31H,4-9,11-12,14H2,1H3,(H2,25,26,27,28,29)/t15-,17-. The summed E-state index contributed by atoms with van der Waals surface area (Å²) in [6, 6.07) is 6.15. The van der Waals surface area contributed by atoms with Gasteiger partial charge in [0.2, 0.25) is 5.95 Å². The lowest BCUT2D eigenvalue weighted by Gasteiger charge is -2.31. The minimum atomic E-state index is -0.185. The number of rotatable bonds is 7. The SMILES string of the molecule is COC1CCN(Cc2cc(Nc3nc4cccnc4s3)nc(N[C@H]3CC[C@H](O)CC3)n2)CC1. The molecule has 1 aliphatic carbocycles. The van der Waals surface area contributed by atoms with Gasteiger partial charge in [0, 0.05) is 45.0 Å². The summed E-state index contributed by atoms with van der Waals surface area (Å²) in [5.74, 6) is 1.35. The summed E-state index contributed by atoms with van der Waals surface area (Å²) in [6.07, 6.45) is 7.51. The number of fused-ring (bicyclic) bond motifs is 1. The molecular weight excluding hydrogens is 438 g/mol. The Morgan fingerprint density at radius 1 is 1.12 bits per heavy atom. The molecule has 0 aromatic carbocycles. The average molecular weight is 470 g/mol. The quantitative estimate of drug-likeness (QED) is 0.479. The highest BCUT2D eigenvalue weighted by Gasteiger charge is 2.22. The van der Waals surface area contributed by atoms with Gasteiger partial charge in [-0.05, 0) is 50.7 Å². The zero-order chi connectivity index (χ0) is 22.6. The van der Waals surface area contributed by atoms with Gasteiger partial charge in [-0.25, -0.2) is 15.0 Å². The molecule has 9 nitrogen and oxygen atoms in total. The smallest absolute Gasteiger partial charge is 0.225 e. The van der Waals surface area contributed by atoms with Gasteiger partial charge in [-0.15, -0.1) is 0 Å². The van der Waals surface area contributed by atoms with Gasteiger partial charge in [0.05, 0.1) is 17.9 Å². The van der Waals surface area contributed by atoms with Crippen LogP contribution in [0, 0.1) is 0 Å². The van der Waals surface area contributed by atoms with E-state index in [1.165, 1.54) is 11.3 Å². The van der Waals surface area contributed by atoms with Gasteiger partial charge >= 0.3 is 0 Å². The van der Waals surface area contributed by atoms with E-state index in [4.69, 9.17) is 14.7 Å². The summed E-state index contributed by atoms with van der Waals surface area (Å²) >= 11 is 1.51. The van der Waals surface area contributed by atoms with Crippen LogP contribution >= 0.6 is 11.3 Å². The Morgan fingerprint density at radius 2 is 1.94 bits per heavy atom. The summed E-state index contributed by atoms with van der Waals surface area (Å²) < 4.78 is 5.51. The summed E-state index contributed by atoms with van der Waals surface area (Å²) in [5, 5.41) is 17.5. The fourth-order valence-electron chi connectivity index (χ4n) is 4.57. The zero-order valence-corrected chi connectivity index (χ0v) is 19.7. The van der Waals surface area contributed by atoms with Gasteiger partial charge in [-0.3, -0.25) is 4.90 Å². The maximum Gasteiger partial charge on any atom is 0.225 e. The van der Waals surface area contributed by atoms with Crippen LogP contribution in [0.5, 0.6) is 0 Å². The fourth-order valence-corrected chi connectivity index (χ4v) is 5.39. The summed E-state index contributed by atoms with van der Waals surface area (Å²) in [5.41, 5.74) is 1.85. The van der Waals surface area contributed by atoms with E-state index in [0.29, 0.717) is 12.1 Å². The van der Waals surface area contributed by atoms with Crippen LogP contribution < -0.4 is 10.6 Å². The third-order valence-electron chi connectivity index (χ3n) is 6.46. The van der Waals surface area contributed by atoms with Crippen molar-refractivity contribution in [1.29, 1.82) is 0 Å². The molecule has 3 N–H and O–H groups in total. The number of hydrogen-bond acceptors (Lipinski definition) is 10. The number of likely N-dealkylation sites (tertiary alicyclic amines) is 1. The first-order chi connectivity index (χ1) is 16.1. The van der Waals surface area contributed by atoms with Crippen LogP contribution in [-0.2, 0) is 11.3 Å². The van der Waals surface area contributed by atoms with Crippen molar-refractivity contribution in [2.24, 2.45) is 0 Å². The summed E-state index contributed by atoms with van der Waals surface area (Å²) in [4.78, 5) is 21.9. The topological polar surface area (TPSA) is 108 Å². The number of nitrogens with one attached hydrogen (secondary N) is 2. The summed E-state index contributed by atoms with van der Waals surface area (Å²) in [7, 11) is 1.79. The number of aliphatic hydroxyl groups excluding tert-OH is 1. The van der Waals surface area contributed by atoms with E-state index in [9.17, 15) is 5.11 Å². The molecule has 0 spiro atoms. The molecule has 1 saturated carbocycles. The van der Waals surface area contributed by atoms with Crippen LogP contribution in [0.4, 0.5) is 16.9 Å². The molecule has 2 fully saturated rings. The van der Waals surface area contributed by atoms with E-state index in [1.54, 1.807) is 13.3 Å². The van der Waals surface area contributed by atoms with Crippen molar-refractivity contribution in [3.8, 4) is 0 Å². The lowest BCUT2D eigenvalue weighted by molar-refractivity contribution is 0.0385. The van der Waals surface area contributed by atoms with Crippen LogP contribution in [0.2, 0.25) is 0 Å². The van der Waals surface area contributed by atoms with E-state index >= 15 is 0 Å². The lowest BCUT2D eigenvalue weighted by atomic mass is 9.93. The number of piperidine rings is 1. The predicted octanol–water partition coefficient (Wildman–Crippen LogP) is 3.55. The second-order valence-corrected chi connectivity index (χ2v) is 9.88. The van der Waals surface area contributed by atoms with E-state index in [-0.39, 0.29) is 12.1 Å². The molecule has 5 rings (SSSR count).